The zero-order valence-electron chi connectivity index (χ0n) is 9.90. The van der Waals surface area contributed by atoms with Crippen molar-refractivity contribution in [1.29, 1.82) is 0 Å². The molecule has 0 saturated heterocycles. The minimum Gasteiger partial charge on any atom is -0.393 e. The van der Waals surface area contributed by atoms with Gasteiger partial charge in [-0.3, -0.25) is 10.1 Å². The largest absolute Gasteiger partial charge is 0.393 e. The molecule has 2 rings (SSSR count). The van der Waals surface area contributed by atoms with Crippen LogP contribution < -0.4 is 11.1 Å². The number of nitro benzene ring substituents is 1. The van der Waals surface area contributed by atoms with Crippen molar-refractivity contribution in [3.05, 3.63) is 28.3 Å². The van der Waals surface area contributed by atoms with Crippen LogP contribution >= 0.6 is 0 Å². The molecule has 1 aromatic carbocycles. The molecule has 1 aromatic rings. The molecule has 92 valence electrons. The number of nitrogens with one attached hydrogen (secondary N) is 1. The fourth-order valence-corrected chi connectivity index (χ4v) is 2.02. The second kappa shape index (κ2) is 4.24. The van der Waals surface area contributed by atoms with E-state index in [1.807, 2.05) is 0 Å². The second-order valence-corrected chi connectivity index (χ2v) is 4.71. The minimum absolute atomic E-state index is 0.0144. The molecule has 0 unspecified atom stereocenters. The first-order valence-electron chi connectivity index (χ1n) is 5.85. The van der Waals surface area contributed by atoms with Crippen molar-refractivity contribution in [3.8, 4) is 0 Å². The van der Waals surface area contributed by atoms with Crippen molar-refractivity contribution in [2.45, 2.75) is 26.2 Å². The topological polar surface area (TPSA) is 81.2 Å². The first-order chi connectivity index (χ1) is 8.08. The third-order valence-electron chi connectivity index (χ3n) is 3.61. The summed E-state index contributed by atoms with van der Waals surface area (Å²) in [5.74, 6) is 0. The van der Waals surface area contributed by atoms with Crippen molar-refractivity contribution < 1.29 is 4.92 Å². The highest BCUT2D eigenvalue weighted by atomic mass is 16.6. The summed E-state index contributed by atoms with van der Waals surface area (Å²) in [6, 6.07) is 4.99. The maximum absolute atomic E-state index is 10.9. The number of rotatable bonds is 5. The summed E-state index contributed by atoms with van der Waals surface area (Å²) in [5, 5.41) is 14.1. The van der Waals surface area contributed by atoms with E-state index in [-0.39, 0.29) is 11.4 Å². The van der Waals surface area contributed by atoms with Gasteiger partial charge in [0.2, 0.25) is 0 Å². The van der Waals surface area contributed by atoms with Gasteiger partial charge in [0, 0.05) is 6.54 Å². The van der Waals surface area contributed by atoms with Gasteiger partial charge in [0.05, 0.1) is 4.92 Å². The molecule has 0 heterocycles. The van der Waals surface area contributed by atoms with Gasteiger partial charge >= 0.3 is 5.69 Å². The van der Waals surface area contributed by atoms with Crippen LogP contribution in [-0.4, -0.2) is 11.5 Å². The summed E-state index contributed by atoms with van der Waals surface area (Å²) >= 11 is 0. The summed E-state index contributed by atoms with van der Waals surface area (Å²) in [5.41, 5.74) is 6.69. The van der Waals surface area contributed by atoms with Gasteiger partial charge in [-0.25, -0.2) is 0 Å². The lowest BCUT2D eigenvalue weighted by Gasteiger charge is -2.14. The van der Waals surface area contributed by atoms with E-state index in [1.54, 1.807) is 18.2 Å². The summed E-state index contributed by atoms with van der Waals surface area (Å²) < 4.78 is 0. The maximum Gasteiger partial charge on any atom is 0.314 e. The van der Waals surface area contributed by atoms with E-state index in [0.29, 0.717) is 11.1 Å². The van der Waals surface area contributed by atoms with E-state index >= 15 is 0 Å². The minimum atomic E-state index is -0.427. The van der Waals surface area contributed by atoms with Crippen LogP contribution in [0.3, 0.4) is 0 Å². The van der Waals surface area contributed by atoms with E-state index in [2.05, 4.69) is 12.2 Å². The lowest BCUT2D eigenvalue weighted by molar-refractivity contribution is -0.383. The lowest BCUT2D eigenvalue weighted by Crippen LogP contribution is -2.15. The quantitative estimate of drug-likeness (QED) is 0.467. The highest BCUT2D eigenvalue weighted by Crippen LogP contribution is 2.48. The molecule has 1 aliphatic rings. The van der Waals surface area contributed by atoms with Gasteiger partial charge in [-0.15, -0.1) is 0 Å². The number of nitro groups is 1. The maximum atomic E-state index is 10.9. The second-order valence-electron chi connectivity index (χ2n) is 4.71. The molecule has 0 aliphatic heterocycles. The van der Waals surface area contributed by atoms with Crippen LogP contribution in [0.1, 0.15) is 26.2 Å². The number of hydrogen-bond donors (Lipinski definition) is 2. The van der Waals surface area contributed by atoms with Crippen molar-refractivity contribution in [2.24, 2.45) is 5.41 Å². The molecule has 5 nitrogen and oxygen atoms in total. The first-order valence-corrected chi connectivity index (χ1v) is 5.85. The number of benzene rings is 1. The van der Waals surface area contributed by atoms with E-state index in [4.69, 9.17) is 5.73 Å². The van der Waals surface area contributed by atoms with Crippen LogP contribution in [0.4, 0.5) is 17.1 Å². The molecular formula is C12H17N3O2. The fraction of sp³-hybridized carbons (Fsp3) is 0.500. The van der Waals surface area contributed by atoms with Crippen LogP contribution in [0.5, 0.6) is 0 Å². The zero-order chi connectivity index (χ0) is 12.5. The molecule has 0 aromatic heterocycles. The standard InChI is InChI=1S/C12H17N3O2/c1-2-12(6-7-12)8-14-10-5-3-4-9(13)11(10)15(16)17/h3-5,14H,2,6-8,13H2,1H3. The monoisotopic (exact) mass is 235 g/mol. The van der Waals surface area contributed by atoms with Crippen LogP contribution in [-0.2, 0) is 0 Å². The van der Waals surface area contributed by atoms with Crippen LogP contribution in [0.2, 0.25) is 0 Å². The molecule has 1 aliphatic carbocycles. The van der Waals surface area contributed by atoms with E-state index in [1.165, 1.54) is 12.8 Å². The predicted octanol–water partition coefficient (Wildman–Crippen LogP) is 2.78. The zero-order valence-corrected chi connectivity index (χ0v) is 9.90. The van der Waals surface area contributed by atoms with Gasteiger partial charge in [0.15, 0.2) is 0 Å². The van der Waals surface area contributed by atoms with Crippen LogP contribution in [0.15, 0.2) is 18.2 Å². The normalized spacial score (nSPS) is 16.5. The Balaban J connectivity index is 2.15. The smallest absolute Gasteiger partial charge is 0.314 e. The van der Waals surface area contributed by atoms with Crippen molar-refractivity contribution >= 4 is 17.1 Å². The molecule has 17 heavy (non-hydrogen) atoms. The Morgan fingerprint density at radius 2 is 2.24 bits per heavy atom. The van der Waals surface area contributed by atoms with E-state index in [9.17, 15) is 10.1 Å². The van der Waals surface area contributed by atoms with Gasteiger partial charge in [-0.1, -0.05) is 13.0 Å². The highest BCUT2D eigenvalue weighted by molar-refractivity contribution is 5.74. The van der Waals surface area contributed by atoms with Crippen molar-refractivity contribution in [1.82, 2.24) is 0 Å². The third kappa shape index (κ3) is 2.33. The van der Waals surface area contributed by atoms with Crippen molar-refractivity contribution in [2.75, 3.05) is 17.6 Å². The van der Waals surface area contributed by atoms with Gasteiger partial charge in [-0.2, -0.15) is 0 Å². The Morgan fingerprint density at radius 1 is 1.53 bits per heavy atom. The molecule has 0 atom stereocenters. The molecule has 0 spiro atoms. The number of nitrogens with zero attached hydrogens (tertiary/aromatic N) is 1. The molecule has 1 fully saturated rings. The summed E-state index contributed by atoms with van der Waals surface area (Å²) in [7, 11) is 0. The van der Waals surface area contributed by atoms with Gasteiger partial charge in [0.1, 0.15) is 11.4 Å². The molecular weight excluding hydrogens is 218 g/mol. The summed E-state index contributed by atoms with van der Waals surface area (Å²) in [6.45, 7) is 2.94. The van der Waals surface area contributed by atoms with Gasteiger partial charge in [0.25, 0.3) is 0 Å². The fourth-order valence-electron chi connectivity index (χ4n) is 2.02. The van der Waals surface area contributed by atoms with Crippen LogP contribution in [0.25, 0.3) is 0 Å². The predicted molar refractivity (Wildman–Crippen MR) is 68.0 cm³/mol. The SMILES string of the molecule is CCC1(CNc2cccc(N)c2[N+](=O)[O-])CC1. The number of nitrogen functional groups attached to an aromatic ring is 1. The Morgan fingerprint density at radius 3 is 2.76 bits per heavy atom. The molecule has 0 amide bonds. The Kier molecular flexibility index (Phi) is 2.92. The van der Waals surface area contributed by atoms with Gasteiger partial charge in [-0.05, 0) is 36.8 Å². The molecule has 5 heteroatoms. The molecule has 1 saturated carbocycles. The first kappa shape index (κ1) is 11.7. The van der Waals surface area contributed by atoms with E-state index in [0.717, 1.165) is 13.0 Å². The number of para-hydroxylation sites is 1. The average Bonchev–Trinajstić information content (AvgIpc) is 3.06. The van der Waals surface area contributed by atoms with Crippen molar-refractivity contribution in [3.63, 3.8) is 0 Å². The van der Waals surface area contributed by atoms with E-state index < -0.39 is 4.92 Å². The third-order valence-corrected chi connectivity index (χ3v) is 3.61. The molecule has 0 bridgehead atoms. The molecule has 0 radical (unpaired) electrons. The lowest BCUT2D eigenvalue weighted by atomic mass is 10.0. The summed E-state index contributed by atoms with van der Waals surface area (Å²) in [4.78, 5) is 10.5. The highest BCUT2D eigenvalue weighted by Gasteiger charge is 2.40. The Bertz CT molecular complexity index is 441. The number of hydrogen-bond acceptors (Lipinski definition) is 4. The summed E-state index contributed by atoms with van der Waals surface area (Å²) in [6.07, 6.45) is 3.51. The number of nitrogens with two attached hydrogens (primary N) is 1. The Labute approximate surface area is 100 Å². The average molecular weight is 235 g/mol. The van der Waals surface area contributed by atoms with Crippen LogP contribution in [0, 0.1) is 15.5 Å². The molecule has 3 N–H and O–H groups in total. The Hall–Kier alpha value is -1.78. The number of anilines is 2. The van der Waals surface area contributed by atoms with Gasteiger partial charge < -0.3 is 11.1 Å².